The molecule has 30 heavy (non-hydrogen) atoms. The summed E-state index contributed by atoms with van der Waals surface area (Å²) in [7, 11) is 0. The molecule has 9 heteroatoms. The lowest BCUT2D eigenvalue weighted by atomic mass is 9.93. The molecule has 1 aliphatic carbocycles. The van der Waals surface area contributed by atoms with Gasteiger partial charge in [0.05, 0.1) is 18.2 Å². The van der Waals surface area contributed by atoms with E-state index in [1.165, 1.54) is 6.07 Å². The number of nitrogens with zero attached hydrogens (tertiary/aromatic N) is 1. The minimum Gasteiger partial charge on any atom is -0.488 e. The standard InChI is InChI=1S/C21H32F3N3O2.HI/c1-5-25-19(27-15-7-9-16(28)10-8-15)26-13-14-6-11-17(29-20(2,3)4)12-18(14)21(22,23)24;/h6,11-12,15-16,28H,5,7-10,13H2,1-4H3,(H2,25,26,27);1H. The molecule has 172 valence electrons. The van der Waals surface area contributed by atoms with Crippen molar-refractivity contribution in [3.63, 3.8) is 0 Å². The number of ether oxygens (including phenoxy) is 1. The van der Waals surface area contributed by atoms with Crippen molar-refractivity contribution < 1.29 is 23.0 Å². The van der Waals surface area contributed by atoms with Gasteiger partial charge >= 0.3 is 6.18 Å². The van der Waals surface area contributed by atoms with E-state index in [9.17, 15) is 18.3 Å². The summed E-state index contributed by atoms with van der Waals surface area (Å²) in [4.78, 5) is 4.37. The first-order valence-corrected chi connectivity index (χ1v) is 10.1. The fourth-order valence-electron chi connectivity index (χ4n) is 3.27. The Kier molecular flexibility index (Phi) is 10.2. The Balaban J connectivity index is 0.00000450. The molecule has 0 aliphatic heterocycles. The minimum absolute atomic E-state index is 0. The molecule has 1 aromatic carbocycles. The average Bonchev–Trinajstić information content (AvgIpc) is 2.60. The molecule has 0 aromatic heterocycles. The summed E-state index contributed by atoms with van der Waals surface area (Å²) >= 11 is 0. The lowest BCUT2D eigenvalue weighted by Crippen LogP contribution is -2.45. The zero-order chi connectivity index (χ0) is 21.7. The van der Waals surface area contributed by atoms with Gasteiger partial charge in [-0.3, -0.25) is 0 Å². The minimum atomic E-state index is -4.49. The molecule has 0 bridgehead atoms. The summed E-state index contributed by atoms with van der Waals surface area (Å²) < 4.78 is 46.3. The van der Waals surface area contributed by atoms with Gasteiger partial charge in [0.15, 0.2) is 5.96 Å². The number of nitrogens with one attached hydrogen (secondary N) is 2. The van der Waals surface area contributed by atoms with Crippen LogP contribution in [0, 0.1) is 0 Å². The summed E-state index contributed by atoms with van der Waals surface area (Å²) in [6.07, 6.45) is -1.73. The van der Waals surface area contributed by atoms with Crippen LogP contribution in [0.15, 0.2) is 23.2 Å². The molecule has 3 N–H and O–H groups in total. The van der Waals surface area contributed by atoms with Crippen molar-refractivity contribution in [3.8, 4) is 5.75 Å². The Morgan fingerprint density at radius 1 is 1.17 bits per heavy atom. The molecule has 1 aromatic rings. The molecule has 2 rings (SSSR count). The van der Waals surface area contributed by atoms with E-state index in [1.54, 1.807) is 26.8 Å². The second-order valence-corrected chi connectivity index (χ2v) is 8.38. The maximum atomic E-state index is 13.6. The molecule has 0 saturated heterocycles. The zero-order valence-corrected chi connectivity index (χ0v) is 20.3. The van der Waals surface area contributed by atoms with Crippen LogP contribution in [-0.4, -0.2) is 35.4 Å². The topological polar surface area (TPSA) is 65.9 Å². The molecule has 0 heterocycles. The number of aliphatic hydroxyl groups excluding tert-OH is 1. The summed E-state index contributed by atoms with van der Waals surface area (Å²) in [5, 5.41) is 16.0. The molecule has 0 amide bonds. The number of benzene rings is 1. The van der Waals surface area contributed by atoms with E-state index in [4.69, 9.17) is 4.74 Å². The van der Waals surface area contributed by atoms with E-state index in [1.807, 2.05) is 6.92 Å². The third-order valence-electron chi connectivity index (χ3n) is 4.60. The Hall–Kier alpha value is -1.23. The van der Waals surface area contributed by atoms with Gasteiger partial charge in [0, 0.05) is 12.6 Å². The Morgan fingerprint density at radius 2 is 1.80 bits per heavy atom. The van der Waals surface area contributed by atoms with Crippen LogP contribution < -0.4 is 15.4 Å². The predicted molar refractivity (Wildman–Crippen MR) is 123 cm³/mol. The van der Waals surface area contributed by atoms with E-state index in [0.717, 1.165) is 18.9 Å². The third kappa shape index (κ3) is 8.87. The van der Waals surface area contributed by atoms with Gasteiger partial charge in [-0.05, 0) is 71.1 Å². The lowest BCUT2D eigenvalue weighted by Gasteiger charge is -2.27. The molecule has 1 fully saturated rings. The number of rotatable bonds is 5. The van der Waals surface area contributed by atoms with Crippen molar-refractivity contribution >= 4 is 29.9 Å². The normalized spacial score (nSPS) is 20.3. The first-order valence-electron chi connectivity index (χ1n) is 10.1. The highest BCUT2D eigenvalue weighted by Gasteiger charge is 2.34. The van der Waals surface area contributed by atoms with E-state index in [0.29, 0.717) is 25.3 Å². The first-order chi connectivity index (χ1) is 13.5. The van der Waals surface area contributed by atoms with Gasteiger partial charge in [-0.25, -0.2) is 4.99 Å². The fourth-order valence-corrected chi connectivity index (χ4v) is 3.27. The van der Waals surface area contributed by atoms with Gasteiger partial charge in [-0.1, -0.05) is 6.07 Å². The first kappa shape index (κ1) is 26.8. The van der Waals surface area contributed by atoms with Gasteiger partial charge in [-0.2, -0.15) is 13.2 Å². The van der Waals surface area contributed by atoms with Crippen LogP contribution in [0.25, 0.3) is 0 Å². The molecular formula is C21H33F3IN3O2. The van der Waals surface area contributed by atoms with Crippen molar-refractivity contribution in [1.29, 1.82) is 0 Å². The van der Waals surface area contributed by atoms with Gasteiger partial charge in [0.2, 0.25) is 0 Å². The molecule has 1 aliphatic rings. The van der Waals surface area contributed by atoms with E-state index < -0.39 is 17.3 Å². The van der Waals surface area contributed by atoms with Crippen LogP contribution in [0.2, 0.25) is 0 Å². The number of alkyl halides is 3. The highest BCUT2D eigenvalue weighted by molar-refractivity contribution is 14.0. The molecule has 0 unspecified atom stereocenters. The maximum Gasteiger partial charge on any atom is 0.416 e. The molecule has 1 saturated carbocycles. The number of hydrogen-bond donors (Lipinski definition) is 3. The van der Waals surface area contributed by atoms with Crippen LogP contribution in [0.3, 0.4) is 0 Å². The quantitative estimate of drug-likeness (QED) is 0.282. The van der Waals surface area contributed by atoms with Crippen molar-refractivity contribution in [2.75, 3.05) is 6.54 Å². The number of halogens is 4. The Morgan fingerprint density at radius 3 is 2.33 bits per heavy atom. The SMILES string of the molecule is CCNC(=NCc1ccc(OC(C)(C)C)cc1C(F)(F)F)NC1CCC(O)CC1.I. The van der Waals surface area contributed by atoms with E-state index in [2.05, 4.69) is 15.6 Å². The summed E-state index contributed by atoms with van der Waals surface area (Å²) in [5.41, 5.74) is -1.23. The molecule has 0 radical (unpaired) electrons. The summed E-state index contributed by atoms with van der Waals surface area (Å²) in [5.74, 6) is 0.667. The Bertz CT molecular complexity index is 698. The van der Waals surface area contributed by atoms with Crippen LogP contribution >= 0.6 is 24.0 Å². The van der Waals surface area contributed by atoms with Crippen molar-refractivity contribution in [2.45, 2.75) is 83.8 Å². The number of aliphatic hydroxyl groups is 1. The number of aliphatic imine (C=N–C) groups is 1. The molecule has 0 atom stereocenters. The molecular weight excluding hydrogens is 510 g/mol. The van der Waals surface area contributed by atoms with E-state index >= 15 is 0 Å². The fraction of sp³-hybridized carbons (Fsp3) is 0.667. The van der Waals surface area contributed by atoms with Crippen molar-refractivity contribution in [2.24, 2.45) is 4.99 Å². The van der Waals surface area contributed by atoms with Gasteiger partial charge in [-0.15, -0.1) is 24.0 Å². The third-order valence-corrected chi connectivity index (χ3v) is 4.60. The predicted octanol–water partition coefficient (Wildman–Crippen LogP) is 4.86. The van der Waals surface area contributed by atoms with Crippen LogP contribution in [0.5, 0.6) is 5.75 Å². The second kappa shape index (κ2) is 11.4. The smallest absolute Gasteiger partial charge is 0.416 e. The number of guanidine groups is 1. The molecule has 0 spiro atoms. The van der Waals surface area contributed by atoms with Crippen LogP contribution in [0.4, 0.5) is 13.2 Å². The summed E-state index contributed by atoms with van der Waals surface area (Å²) in [6.45, 7) is 7.77. The van der Waals surface area contributed by atoms with Crippen LogP contribution in [-0.2, 0) is 12.7 Å². The number of hydrogen-bond acceptors (Lipinski definition) is 3. The average molecular weight is 543 g/mol. The maximum absolute atomic E-state index is 13.6. The van der Waals surface area contributed by atoms with Crippen molar-refractivity contribution in [1.82, 2.24) is 10.6 Å². The summed E-state index contributed by atoms with van der Waals surface area (Å²) in [6, 6.07) is 4.17. The van der Waals surface area contributed by atoms with Gasteiger partial charge < -0.3 is 20.5 Å². The zero-order valence-electron chi connectivity index (χ0n) is 18.0. The molecule has 5 nitrogen and oxygen atoms in total. The van der Waals surface area contributed by atoms with Gasteiger partial charge in [0.1, 0.15) is 11.4 Å². The van der Waals surface area contributed by atoms with Crippen LogP contribution in [0.1, 0.15) is 64.5 Å². The largest absolute Gasteiger partial charge is 0.488 e. The lowest BCUT2D eigenvalue weighted by molar-refractivity contribution is -0.138. The highest BCUT2D eigenvalue weighted by Crippen LogP contribution is 2.35. The van der Waals surface area contributed by atoms with Crippen molar-refractivity contribution in [3.05, 3.63) is 29.3 Å². The van der Waals surface area contributed by atoms with E-state index in [-0.39, 0.29) is 54.0 Å². The van der Waals surface area contributed by atoms with Gasteiger partial charge in [0.25, 0.3) is 0 Å². The monoisotopic (exact) mass is 543 g/mol. The highest BCUT2D eigenvalue weighted by atomic mass is 127. The Labute approximate surface area is 193 Å². The second-order valence-electron chi connectivity index (χ2n) is 8.38.